The number of carbonyl (C=O) groups is 1. The van der Waals surface area contributed by atoms with Gasteiger partial charge in [0.05, 0.1) is 40.5 Å². The molecular weight excluding hydrogens is 370 g/mol. The molecule has 3 rings (SSSR count). The van der Waals surface area contributed by atoms with Crippen LogP contribution in [-0.2, 0) is 9.53 Å². The number of hydrogen-bond acceptors (Lipinski definition) is 6. The van der Waals surface area contributed by atoms with E-state index in [1.807, 2.05) is 49.4 Å². The minimum Gasteiger partial charge on any atom is -0.463 e. The largest absolute Gasteiger partial charge is 0.463 e. The second-order valence-corrected chi connectivity index (χ2v) is 7.28. The fourth-order valence-electron chi connectivity index (χ4n) is 3.18. The maximum absolute atomic E-state index is 13.0. The van der Waals surface area contributed by atoms with Crippen LogP contribution in [0.4, 0.5) is 0 Å². The molecule has 0 spiro atoms. The lowest BCUT2D eigenvalue weighted by Crippen LogP contribution is -2.29. The third-order valence-corrected chi connectivity index (χ3v) is 5.21. The van der Waals surface area contributed by atoms with Crippen LogP contribution in [0.2, 0.25) is 0 Å². The lowest BCUT2D eigenvalue weighted by molar-refractivity contribution is -0.138. The minimum absolute atomic E-state index is 0.256. The standard InChI is InChI=1S/C22H21N3O2S/c1-3-27-22(26)19-18(16-11-8-12-24-14-16)17(13-23)21(28-4-2)25-20(19)15-9-6-5-7-10-15/h5-12,14,18,25H,3-4H2,1-2H3/t18-/m0/s1. The fraction of sp³-hybridized carbons (Fsp3) is 0.227. The van der Waals surface area contributed by atoms with E-state index < -0.39 is 11.9 Å². The van der Waals surface area contributed by atoms with E-state index in [4.69, 9.17) is 4.74 Å². The molecule has 0 fully saturated rings. The van der Waals surface area contributed by atoms with Gasteiger partial charge in [-0.1, -0.05) is 43.3 Å². The normalized spacial score (nSPS) is 16.4. The van der Waals surface area contributed by atoms with Crippen molar-refractivity contribution in [2.75, 3.05) is 12.4 Å². The first-order chi connectivity index (χ1) is 13.7. The van der Waals surface area contributed by atoms with E-state index in [0.717, 1.165) is 21.9 Å². The van der Waals surface area contributed by atoms with E-state index in [1.54, 1.807) is 31.1 Å². The minimum atomic E-state index is -0.539. The molecule has 0 amide bonds. The summed E-state index contributed by atoms with van der Waals surface area (Å²) in [5.41, 5.74) is 3.25. The van der Waals surface area contributed by atoms with Crippen LogP contribution < -0.4 is 5.32 Å². The van der Waals surface area contributed by atoms with Crippen molar-refractivity contribution < 1.29 is 9.53 Å². The number of ether oxygens (including phenoxy) is 1. The van der Waals surface area contributed by atoms with Crippen LogP contribution in [0.1, 0.15) is 30.9 Å². The first-order valence-corrected chi connectivity index (χ1v) is 10.1. The number of benzene rings is 1. The molecule has 1 atom stereocenters. The highest BCUT2D eigenvalue weighted by Crippen LogP contribution is 2.43. The van der Waals surface area contributed by atoms with E-state index in [9.17, 15) is 10.1 Å². The third-order valence-electron chi connectivity index (χ3n) is 4.31. The van der Waals surface area contributed by atoms with Crippen LogP contribution >= 0.6 is 11.8 Å². The molecule has 6 heteroatoms. The van der Waals surface area contributed by atoms with Gasteiger partial charge in [0.1, 0.15) is 0 Å². The van der Waals surface area contributed by atoms with E-state index in [0.29, 0.717) is 16.8 Å². The molecule has 28 heavy (non-hydrogen) atoms. The predicted molar refractivity (Wildman–Crippen MR) is 111 cm³/mol. The molecule has 1 N–H and O–H groups in total. The van der Waals surface area contributed by atoms with Crippen LogP contribution in [0.3, 0.4) is 0 Å². The lowest BCUT2D eigenvalue weighted by Gasteiger charge is -2.30. The Hall–Kier alpha value is -3.04. The van der Waals surface area contributed by atoms with Crippen molar-refractivity contribution in [1.29, 1.82) is 5.26 Å². The summed E-state index contributed by atoms with van der Waals surface area (Å²) in [7, 11) is 0. The molecule has 2 aromatic rings. The zero-order chi connectivity index (χ0) is 19.9. The molecule has 0 unspecified atom stereocenters. The van der Waals surface area contributed by atoms with Crippen molar-refractivity contribution in [3.63, 3.8) is 0 Å². The molecule has 2 heterocycles. The van der Waals surface area contributed by atoms with Crippen LogP contribution in [0, 0.1) is 11.3 Å². The van der Waals surface area contributed by atoms with Crippen molar-refractivity contribution in [3.05, 3.63) is 82.2 Å². The molecule has 142 valence electrons. The smallest absolute Gasteiger partial charge is 0.337 e. The maximum Gasteiger partial charge on any atom is 0.337 e. The molecule has 0 aliphatic carbocycles. The Morgan fingerprint density at radius 2 is 2.04 bits per heavy atom. The topological polar surface area (TPSA) is 75.0 Å². The monoisotopic (exact) mass is 391 g/mol. The Morgan fingerprint density at radius 1 is 1.25 bits per heavy atom. The summed E-state index contributed by atoms with van der Waals surface area (Å²) in [6, 6.07) is 15.6. The van der Waals surface area contributed by atoms with Crippen molar-refractivity contribution in [2.24, 2.45) is 0 Å². The summed E-state index contributed by atoms with van der Waals surface area (Å²) in [5.74, 6) is -0.177. The van der Waals surface area contributed by atoms with E-state index in [1.165, 1.54) is 0 Å². The van der Waals surface area contributed by atoms with Gasteiger partial charge in [-0.15, -0.1) is 11.8 Å². The molecule has 0 bridgehead atoms. The van der Waals surface area contributed by atoms with E-state index in [2.05, 4.69) is 16.4 Å². The first-order valence-electron chi connectivity index (χ1n) is 9.11. The molecule has 0 saturated heterocycles. The van der Waals surface area contributed by atoms with Gasteiger partial charge < -0.3 is 10.1 Å². The average Bonchev–Trinajstić information content (AvgIpc) is 2.74. The Bertz CT molecular complexity index is 947. The van der Waals surface area contributed by atoms with Gasteiger partial charge in [0.25, 0.3) is 0 Å². The number of thioether (sulfide) groups is 1. The van der Waals surface area contributed by atoms with E-state index in [-0.39, 0.29) is 6.61 Å². The quantitative estimate of drug-likeness (QED) is 0.743. The molecule has 0 saturated carbocycles. The summed E-state index contributed by atoms with van der Waals surface area (Å²) in [6.45, 7) is 4.06. The predicted octanol–water partition coefficient (Wildman–Crippen LogP) is 4.23. The maximum atomic E-state index is 13.0. The summed E-state index contributed by atoms with van der Waals surface area (Å²) in [4.78, 5) is 17.2. The van der Waals surface area contributed by atoms with Crippen LogP contribution in [-0.4, -0.2) is 23.3 Å². The van der Waals surface area contributed by atoms with Gasteiger partial charge in [0.15, 0.2) is 0 Å². The van der Waals surface area contributed by atoms with Crippen molar-refractivity contribution >= 4 is 23.4 Å². The molecule has 1 aromatic carbocycles. The zero-order valence-electron chi connectivity index (χ0n) is 15.8. The molecule has 1 aliphatic heterocycles. The first kappa shape index (κ1) is 19.7. The number of carbonyl (C=O) groups excluding carboxylic acids is 1. The number of nitriles is 1. The summed E-state index contributed by atoms with van der Waals surface area (Å²) in [6.07, 6.45) is 3.37. The molecular formula is C22H21N3O2S. The molecule has 5 nitrogen and oxygen atoms in total. The van der Waals surface area contributed by atoms with Gasteiger partial charge in [-0.05, 0) is 29.9 Å². The van der Waals surface area contributed by atoms with Gasteiger partial charge in [-0.2, -0.15) is 5.26 Å². The Morgan fingerprint density at radius 3 is 2.64 bits per heavy atom. The van der Waals surface area contributed by atoms with Crippen molar-refractivity contribution in [3.8, 4) is 6.07 Å². The van der Waals surface area contributed by atoms with Crippen LogP contribution in [0.5, 0.6) is 0 Å². The van der Waals surface area contributed by atoms with Gasteiger partial charge in [-0.3, -0.25) is 4.98 Å². The highest BCUT2D eigenvalue weighted by atomic mass is 32.2. The number of pyridine rings is 1. The van der Waals surface area contributed by atoms with Crippen molar-refractivity contribution in [2.45, 2.75) is 19.8 Å². The van der Waals surface area contributed by atoms with Gasteiger partial charge in [0.2, 0.25) is 0 Å². The number of aromatic nitrogens is 1. The number of esters is 1. The summed E-state index contributed by atoms with van der Waals surface area (Å²) >= 11 is 1.55. The molecule has 0 radical (unpaired) electrons. The Balaban J connectivity index is 2.28. The Kier molecular flexibility index (Phi) is 6.51. The number of hydrogen-bond donors (Lipinski definition) is 1. The van der Waals surface area contributed by atoms with Gasteiger partial charge >= 0.3 is 5.97 Å². The lowest BCUT2D eigenvalue weighted by atomic mass is 9.82. The molecule has 1 aliphatic rings. The second-order valence-electron chi connectivity index (χ2n) is 6.01. The number of rotatable bonds is 6. The molecule has 1 aromatic heterocycles. The summed E-state index contributed by atoms with van der Waals surface area (Å²) in [5, 5.41) is 14.0. The van der Waals surface area contributed by atoms with Gasteiger partial charge in [-0.25, -0.2) is 4.79 Å². The second kappa shape index (κ2) is 9.25. The van der Waals surface area contributed by atoms with Crippen LogP contribution in [0.15, 0.2) is 71.0 Å². The van der Waals surface area contributed by atoms with Gasteiger partial charge in [0, 0.05) is 12.4 Å². The third kappa shape index (κ3) is 3.95. The highest BCUT2D eigenvalue weighted by molar-refractivity contribution is 8.03. The number of nitrogens with one attached hydrogen (secondary N) is 1. The van der Waals surface area contributed by atoms with Crippen molar-refractivity contribution in [1.82, 2.24) is 10.3 Å². The SMILES string of the molecule is CCOC(=O)C1=C(c2ccccc2)NC(SCC)=C(C#N)[C@@H]1c1cccnc1. The number of dihydropyridines is 1. The number of allylic oxidation sites excluding steroid dienone is 1. The highest BCUT2D eigenvalue weighted by Gasteiger charge is 2.37. The van der Waals surface area contributed by atoms with E-state index >= 15 is 0 Å². The van der Waals surface area contributed by atoms with Crippen LogP contribution in [0.25, 0.3) is 5.70 Å². The average molecular weight is 391 g/mol. The summed E-state index contributed by atoms with van der Waals surface area (Å²) < 4.78 is 5.38. The zero-order valence-corrected chi connectivity index (χ0v) is 16.6. The number of nitrogens with zero attached hydrogens (tertiary/aromatic N) is 2. The Labute approximate surface area is 169 Å². The fourth-order valence-corrected chi connectivity index (χ4v) is 3.96.